The average Bonchev–Trinajstić information content (AvgIpc) is 3.50. The third-order valence-corrected chi connectivity index (χ3v) is 5.44. The van der Waals surface area contributed by atoms with E-state index in [4.69, 9.17) is 5.26 Å². The molecule has 0 saturated heterocycles. The molecule has 2 heterocycles. The molecule has 0 radical (unpaired) electrons. The smallest absolute Gasteiger partial charge is 0.398 e. The van der Waals surface area contributed by atoms with Crippen LogP contribution in [0.1, 0.15) is 35.2 Å². The van der Waals surface area contributed by atoms with Gasteiger partial charge in [-0.3, -0.25) is 14.5 Å². The number of anilines is 1. The van der Waals surface area contributed by atoms with Crippen molar-refractivity contribution in [2.75, 3.05) is 5.32 Å². The third-order valence-electron chi connectivity index (χ3n) is 5.44. The minimum Gasteiger partial charge on any atom is -0.503 e. The molecule has 7 nitrogen and oxygen atoms in total. The lowest BCUT2D eigenvalue weighted by Gasteiger charge is -2.19. The van der Waals surface area contributed by atoms with E-state index in [0.717, 1.165) is 0 Å². The molecule has 1 saturated carbocycles. The summed E-state index contributed by atoms with van der Waals surface area (Å²) in [6.07, 6.45) is -1.45. The number of rotatable bonds is 6. The molecule has 32 heavy (non-hydrogen) atoms. The number of benzene rings is 1. The Kier molecular flexibility index (Phi) is 5.34. The first-order valence-electron chi connectivity index (χ1n) is 9.78. The van der Waals surface area contributed by atoms with Crippen LogP contribution in [0.5, 0.6) is 5.75 Å². The first kappa shape index (κ1) is 21.4. The Balaban J connectivity index is 1.37. The predicted molar refractivity (Wildman–Crippen MR) is 108 cm³/mol. The Morgan fingerprint density at radius 3 is 2.50 bits per heavy atom. The van der Waals surface area contributed by atoms with Crippen LogP contribution >= 0.6 is 0 Å². The van der Waals surface area contributed by atoms with Gasteiger partial charge in [-0.15, -0.1) is 0 Å². The third kappa shape index (κ3) is 4.27. The zero-order valence-corrected chi connectivity index (χ0v) is 16.7. The van der Waals surface area contributed by atoms with E-state index < -0.39 is 17.5 Å². The average molecular weight is 441 g/mol. The lowest BCUT2D eigenvalue weighted by molar-refractivity contribution is -0.160. The van der Waals surface area contributed by atoms with Crippen molar-refractivity contribution in [3.63, 3.8) is 0 Å². The highest BCUT2D eigenvalue weighted by Gasteiger charge is 2.64. The molecule has 0 spiro atoms. The molecule has 1 amide bonds. The van der Waals surface area contributed by atoms with Crippen LogP contribution in [0.4, 0.5) is 19.0 Å². The first-order chi connectivity index (χ1) is 15.2. The van der Waals surface area contributed by atoms with Gasteiger partial charge in [-0.1, -0.05) is 24.3 Å². The monoisotopic (exact) mass is 441 g/mol. The zero-order chi connectivity index (χ0) is 22.9. The minimum atomic E-state index is -4.28. The van der Waals surface area contributed by atoms with E-state index in [0.29, 0.717) is 16.8 Å². The summed E-state index contributed by atoms with van der Waals surface area (Å²) in [4.78, 5) is 16.5. The van der Waals surface area contributed by atoms with Crippen LogP contribution in [0.25, 0.3) is 0 Å². The molecule has 2 aromatic heterocycles. The molecule has 0 atom stereocenters. The number of nitrogens with zero attached hydrogens (tertiary/aromatic N) is 4. The maximum atomic E-state index is 13.2. The maximum absolute atomic E-state index is 13.2. The van der Waals surface area contributed by atoms with Crippen molar-refractivity contribution in [3.05, 3.63) is 71.2 Å². The van der Waals surface area contributed by atoms with Crippen LogP contribution in [0.15, 0.2) is 48.8 Å². The second-order valence-corrected chi connectivity index (χ2v) is 7.71. The fourth-order valence-electron chi connectivity index (χ4n) is 3.50. The molecule has 1 aliphatic rings. The zero-order valence-electron chi connectivity index (χ0n) is 16.7. The minimum absolute atomic E-state index is 0.0331. The van der Waals surface area contributed by atoms with Crippen LogP contribution in [0, 0.1) is 11.3 Å². The van der Waals surface area contributed by atoms with Crippen molar-refractivity contribution >= 4 is 11.7 Å². The number of hydrogen-bond acceptors (Lipinski definition) is 5. The van der Waals surface area contributed by atoms with Crippen molar-refractivity contribution in [2.24, 2.45) is 0 Å². The van der Waals surface area contributed by atoms with Crippen LogP contribution < -0.4 is 5.32 Å². The van der Waals surface area contributed by atoms with E-state index in [1.165, 1.54) is 41.3 Å². The SMILES string of the molecule is N#Cc1ccc(Cn2cc(O)c(NC(=O)Cc3ccc(C4(C(F)(F)F)CC4)cc3)n2)nc1. The highest BCUT2D eigenvalue weighted by Crippen LogP contribution is 2.58. The maximum Gasteiger partial charge on any atom is 0.398 e. The van der Waals surface area contributed by atoms with E-state index in [2.05, 4.69) is 15.4 Å². The van der Waals surface area contributed by atoms with E-state index in [9.17, 15) is 23.1 Å². The number of aromatic hydroxyl groups is 1. The number of hydrogen-bond donors (Lipinski definition) is 2. The Morgan fingerprint density at radius 2 is 1.94 bits per heavy atom. The number of carbonyl (C=O) groups is 1. The van der Waals surface area contributed by atoms with Gasteiger partial charge in [-0.2, -0.15) is 23.5 Å². The van der Waals surface area contributed by atoms with Crippen LogP contribution in [-0.4, -0.2) is 32.0 Å². The number of carbonyl (C=O) groups excluding carboxylic acids is 1. The van der Waals surface area contributed by atoms with E-state index >= 15 is 0 Å². The molecule has 0 unspecified atom stereocenters. The van der Waals surface area contributed by atoms with Gasteiger partial charge >= 0.3 is 6.18 Å². The van der Waals surface area contributed by atoms with Crippen LogP contribution in [0.3, 0.4) is 0 Å². The number of nitriles is 1. The van der Waals surface area contributed by atoms with Crippen LogP contribution in [0.2, 0.25) is 0 Å². The molecular formula is C22H18F3N5O2. The molecule has 10 heteroatoms. The number of pyridine rings is 1. The topological polar surface area (TPSA) is 104 Å². The molecule has 0 aliphatic heterocycles. The molecule has 4 rings (SSSR count). The summed E-state index contributed by atoms with van der Waals surface area (Å²) in [6, 6.07) is 11.1. The summed E-state index contributed by atoms with van der Waals surface area (Å²) in [5.74, 6) is -0.732. The number of alkyl halides is 3. The van der Waals surface area contributed by atoms with Gasteiger partial charge < -0.3 is 10.4 Å². The van der Waals surface area contributed by atoms with E-state index in [1.807, 2.05) is 6.07 Å². The lowest BCUT2D eigenvalue weighted by atomic mass is 9.94. The Morgan fingerprint density at radius 1 is 1.22 bits per heavy atom. The molecule has 2 N–H and O–H groups in total. The van der Waals surface area contributed by atoms with Gasteiger partial charge in [0.15, 0.2) is 11.6 Å². The van der Waals surface area contributed by atoms with Crippen molar-refractivity contribution in [3.8, 4) is 11.8 Å². The van der Waals surface area contributed by atoms with Gasteiger partial charge in [-0.05, 0) is 36.1 Å². The summed E-state index contributed by atoms with van der Waals surface area (Å²) in [5.41, 5.74) is 0.0309. The molecule has 164 valence electrons. The van der Waals surface area contributed by atoms with E-state index in [1.54, 1.807) is 12.1 Å². The van der Waals surface area contributed by atoms with Crippen LogP contribution in [-0.2, 0) is 23.2 Å². The molecule has 0 bridgehead atoms. The molecular weight excluding hydrogens is 423 g/mol. The number of aromatic nitrogens is 3. The number of halogens is 3. The Labute approximate surface area is 181 Å². The largest absolute Gasteiger partial charge is 0.503 e. The summed E-state index contributed by atoms with van der Waals surface area (Å²) in [7, 11) is 0. The van der Waals surface area contributed by atoms with Crippen molar-refractivity contribution in [2.45, 2.75) is 37.4 Å². The highest BCUT2D eigenvalue weighted by molar-refractivity contribution is 5.92. The number of amides is 1. The van der Waals surface area contributed by atoms with Crippen molar-refractivity contribution < 1.29 is 23.1 Å². The van der Waals surface area contributed by atoms with Crippen molar-refractivity contribution in [1.29, 1.82) is 5.26 Å². The molecule has 1 aliphatic carbocycles. The standard InChI is InChI=1S/C22H18F3N5O2/c23-22(24,25)21(7-8-21)16-4-1-14(2-5-16)9-19(32)28-20-18(31)13-30(29-20)12-17-6-3-15(10-26)11-27-17/h1-6,11,13,31H,7-9,12H2,(H,28,29,32). The summed E-state index contributed by atoms with van der Waals surface area (Å²) in [6.45, 7) is 0.220. The molecule has 3 aromatic rings. The fourth-order valence-corrected chi connectivity index (χ4v) is 3.50. The van der Waals surface area contributed by atoms with Gasteiger partial charge in [-0.25, -0.2) is 0 Å². The van der Waals surface area contributed by atoms with Gasteiger partial charge in [0.25, 0.3) is 0 Å². The molecule has 1 aromatic carbocycles. The van der Waals surface area contributed by atoms with E-state index in [-0.39, 0.29) is 42.9 Å². The Hall–Kier alpha value is -3.87. The van der Waals surface area contributed by atoms with Crippen molar-refractivity contribution in [1.82, 2.24) is 14.8 Å². The fraction of sp³-hybridized carbons (Fsp3) is 0.273. The summed E-state index contributed by atoms with van der Waals surface area (Å²) < 4.78 is 41.1. The highest BCUT2D eigenvalue weighted by atomic mass is 19.4. The van der Waals surface area contributed by atoms with Gasteiger partial charge in [0.1, 0.15) is 6.07 Å². The Bertz CT molecular complexity index is 1170. The molecule has 1 fully saturated rings. The second kappa shape index (κ2) is 8.00. The van der Waals surface area contributed by atoms with Gasteiger partial charge in [0.05, 0.1) is 35.8 Å². The normalized spacial score (nSPS) is 14.6. The quantitative estimate of drug-likeness (QED) is 0.607. The van der Waals surface area contributed by atoms with Gasteiger partial charge in [0.2, 0.25) is 5.91 Å². The summed E-state index contributed by atoms with van der Waals surface area (Å²) in [5, 5.41) is 25.5. The van der Waals surface area contributed by atoms with Gasteiger partial charge in [0, 0.05) is 6.20 Å². The second-order valence-electron chi connectivity index (χ2n) is 7.71. The predicted octanol–water partition coefficient (Wildman–Crippen LogP) is 3.68. The lowest BCUT2D eigenvalue weighted by Crippen LogP contribution is -2.28. The summed E-state index contributed by atoms with van der Waals surface area (Å²) >= 11 is 0. The first-order valence-corrected chi connectivity index (χ1v) is 9.78. The number of nitrogens with one attached hydrogen (secondary N) is 1.